The van der Waals surface area contributed by atoms with E-state index in [0.717, 1.165) is 43.6 Å². The van der Waals surface area contributed by atoms with Gasteiger partial charge in [-0.3, -0.25) is 4.90 Å². The lowest BCUT2D eigenvalue weighted by atomic mass is 9.81. The van der Waals surface area contributed by atoms with Crippen molar-refractivity contribution in [1.29, 1.82) is 0 Å². The van der Waals surface area contributed by atoms with Crippen LogP contribution >= 0.6 is 0 Å². The molecule has 1 fully saturated rings. The van der Waals surface area contributed by atoms with Gasteiger partial charge >= 0.3 is 0 Å². The summed E-state index contributed by atoms with van der Waals surface area (Å²) in [6.07, 6.45) is 2.08. The molecular weight excluding hydrogens is 286 g/mol. The number of benzene rings is 2. The summed E-state index contributed by atoms with van der Waals surface area (Å²) in [5, 5.41) is 20.4. The van der Waals surface area contributed by atoms with Gasteiger partial charge in [0.05, 0.1) is 5.60 Å². The quantitative estimate of drug-likeness (QED) is 0.892. The van der Waals surface area contributed by atoms with Crippen LogP contribution in [0.5, 0.6) is 0 Å². The Kier molecular flexibility index (Phi) is 5.11. The molecule has 1 heterocycles. The van der Waals surface area contributed by atoms with Crippen LogP contribution in [0.25, 0.3) is 0 Å². The smallest absolute Gasteiger partial charge is 0.0923 e. The van der Waals surface area contributed by atoms with Gasteiger partial charge in [-0.05, 0) is 36.0 Å². The molecule has 0 atom stereocenters. The predicted octanol–water partition coefficient (Wildman–Crippen LogP) is 2.71. The monoisotopic (exact) mass is 311 g/mol. The van der Waals surface area contributed by atoms with Crippen molar-refractivity contribution in [3.63, 3.8) is 0 Å². The maximum Gasteiger partial charge on any atom is 0.0923 e. The fourth-order valence-electron chi connectivity index (χ4n) is 3.50. The normalized spacial score (nSPS) is 18.0. The van der Waals surface area contributed by atoms with Crippen LogP contribution in [-0.2, 0) is 18.6 Å². The summed E-state index contributed by atoms with van der Waals surface area (Å²) in [5.41, 5.74) is 2.61. The molecular formula is C20H25NO2. The summed E-state index contributed by atoms with van der Waals surface area (Å²) in [6, 6.07) is 18.5. The first-order valence-corrected chi connectivity index (χ1v) is 8.39. The second kappa shape index (κ2) is 7.26. The van der Waals surface area contributed by atoms with Crippen molar-refractivity contribution in [2.75, 3.05) is 19.7 Å². The Morgan fingerprint density at radius 1 is 0.913 bits per heavy atom. The molecule has 2 N–H and O–H groups in total. The molecule has 3 rings (SSSR count). The van der Waals surface area contributed by atoms with E-state index < -0.39 is 5.60 Å². The molecule has 1 aliphatic rings. The molecule has 2 aromatic rings. The van der Waals surface area contributed by atoms with Gasteiger partial charge in [-0.25, -0.2) is 0 Å². The van der Waals surface area contributed by atoms with Gasteiger partial charge in [0, 0.05) is 26.2 Å². The Morgan fingerprint density at radius 2 is 1.57 bits per heavy atom. The highest BCUT2D eigenvalue weighted by molar-refractivity contribution is 5.33. The molecule has 2 aromatic carbocycles. The Bertz CT molecular complexity index is 619. The van der Waals surface area contributed by atoms with Gasteiger partial charge in [-0.2, -0.15) is 0 Å². The second-order valence-corrected chi connectivity index (χ2v) is 6.42. The molecule has 23 heavy (non-hydrogen) atoms. The number of rotatable bonds is 5. The van der Waals surface area contributed by atoms with Crippen molar-refractivity contribution >= 4 is 0 Å². The molecule has 0 radical (unpaired) electrons. The topological polar surface area (TPSA) is 43.7 Å². The van der Waals surface area contributed by atoms with Crippen molar-refractivity contribution in [1.82, 2.24) is 4.90 Å². The van der Waals surface area contributed by atoms with Crippen molar-refractivity contribution in [3.05, 3.63) is 71.3 Å². The summed E-state index contributed by atoms with van der Waals surface area (Å²) < 4.78 is 0. The highest BCUT2D eigenvalue weighted by Gasteiger charge is 2.35. The lowest BCUT2D eigenvalue weighted by Gasteiger charge is -2.39. The first-order valence-electron chi connectivity index (χ1n) is 8.39. The Hall–Kier alpha value is -1.68. The van der Waals surface area contributed by atoms with E-state index in [4.69, 9.17) is 0 Å². The van der Waals surface area contributed by atoms with Gasteiger partial charge in [0.1, 0.15) is 0 Å². The van der Waals surface area contributed by atoms with Crippen LogP contribution in [0.2, 0.25) is 0 Å². The standard InChI is InChI=1S/C20H25NO2/c22-15-10-18-8-4-5-9-19(18)20(23)11-13-21(14-12-20)16-17-6-2-1-3-7-17/h1-9,22-23H,10-16H2. The molecule has 0 saturated carbocycles. The molecule has 1 aliphatic heterocycles. The van der Waals surface area contributed by atoms with E-state index in [0.29, 0.717) is 6.42 Å². The molecule has 0 unspecified atom stereocenters. The molecule has 0 aliphatic carbocycles. The van der Waals surface area contributed by atoms with Crippen LogP contribution in [0, 0.1) is 0 Å². The summed E-state index contributed by atoms with van der Waals surface area (Å²) in [5.74, 6) is 0. The SMILES string of the molecule is OCCc1ccccc1C1(O)CCN(Cc2ccccc2)CC1. The van der Waals surface area contributed by atoms with Crippen molar-refractivity contribution in [2.24, 2.45) is 0 Å². The minimum absolute atomic E-state index is 0.118. The second-order valence-electron chi connectivity index (χ2n) is 6.42. The molecule has 0 bridgehead atoms. The molecule has 1 saturated heterocycles. The lowest BCUT2D eigenvalue weighted by molar-refractivity contribution is -0.0284. The Morgan fingerprint density at radius 3 is 2.26 bits per heavy atom. The highest BCUT2D eigenvalue weighted by atomic mass is 16.3. The highest BCUT2D eigenvalue weighted by Crippen LogP contribution is 2.35. The predicted molar refractivity (Wildman–Crippen MR) is 92.1 cm³/mol. The average molecular weight is 311 g/mol. The molecule has 0 aromatic heterocycles. The van der Waals surface area contributed by atoms with Crippen LogP contribution in [0.4, 0.5) is 0 Å². The zero-order valence-electron chi connectivity index (χ0n) is 13.5. The minimum Gasteiger partial charge on any atom is -0.396 e. The number of aliphatic hydroxyl groups is 2. The fourth-order valence-corrected chi connectivity index (χ4v) is 3.50. The first kappa shape index (κ1) is 16.2. The van der Waals surface area contributed by atoms with Crippen LogP contribution < -0.4 is 0 Å². The van der Waals surface area contributed by atoms with E-state index in [9.17, 15) is 10.2 Å². The molecule has 0 spiro atoms. The largest absolute Gasteiger partial charge is 0.396 e. The van der Waals surface area contributed by atoms with E-state index in [1.807, 2.05) is 30.3 Å². The Balaban J connectivity index is 1.68. The van der Waals surface area contributed by atoms with Gasteiger partial charge in [-0.1, -0.05) is 54.6 Å². The number of hydrogen-bond acceptors (Lipinski definition) is 3. The van der Waals surface area contributed by atoms with Gasteiger partial charge in [0.2, 0.25) is 0 Å². The zero-order valence-corrected chi connectivity index (χ0v) is 13.5. The maximum atomic E-state index is 11.1. The van der Waals surface area contributed by atoms with Crippen LogP contribution in [-0.4, -0.2) is 34.8 Å². The van der Waals surface area contributed by atoms with Gasteiger partial charge < -0.3 is 10.2 Å². The third kappa shape index (κ3) is 3.81. The summed E-state index contributed by atoms with van der Waals surface area (Å²) >= 11 is 0. The van der Waals surface area contributed by atoms with Crippen molar-refractivity contribution in [3.8, 4) is 0 Å². The number of piperidine rings is 1. The third-order valence-corrected chi connectivity index (χ3v) is 4.83. The van der Waals surface area contributed by atoms with Crippen LogP contribution in [0.3, 0.4) is 0 Å². The van der Waals surface area contributed by atoms with E-state index in [2.05, 4.69) is 29.2 Å². The van der Waals surface area contributed by atoms with Gasteiger partial charge in [0.25, 0.3) is 0 Å². The van der Waals surface area contributed by atoms with Crippen LogP contribution in [0.15, 0.2) is 54.6 Å². The van der Waals surface area contributed by atoms with Crippen molar-refractivity contribution < 1.29 is 10.2 Å². The summed E-state index contributed by atoms with van der Waals surface area (Å²) in [7, 11) is 0. The van der Waals surface area contributed by atoms with E-state index >= 15 is 0 Å². The van der Waals surface area contributed by atoms with Gasteiger partial charge in [-0.15, -0.1) is 0 Å². The van der Waals surface area contributed by atoms with Gasteiger partial charge in [0.15, 0.2) is 0 Å². The molecule has 3 nitrogen and oxygen atoms in total. The van der Waals surface area contributed by atoms with E-state index in [1.165, 1.54) is 5.56 Å². The molecule has 122 valence electrons. The van der Waals surface area contributed by atoms with E-state index in [1.54, 1.807) is 0 Å². The summed E-state index contributed by atoms with van der Waals surface area (Å²) in [6.45, 7) is 2.83. The minimum atomic E-state index is -0.765. The fraction of sp³-hybridized carbons (Fsp3) is 0.400. The number of likely N-dealkylation sites (tertiary alicyclic amines) is 1. The Labute approximate surface area is 138 Å². The summed E-state index contributed by atoms with van der Waals surface area (Å²) in [4.78, 5) is 2.40. The number of nitrogens with zero attached hydrogens (tertiary/aromatic N) is 1. The van der Waals surface area contributed by atoms with E-state index in [-0.39, 0.29) is 6.61 Å². The molecule has 3 heteroatoms. The lowest BCUT2D eigenvalue weighted by Crippen LogP contribution is -2.42. The number of aliphatic hydroxyl groups excluding tert-OH is 1. The zero-order chi connectivity index (χ0) is 16.1. The van der Waals surface area contributed by atoms with Crippen molar-refractivity contribution in [2.45, 2.75) is 31.4 Å². The molecule has 0 amide bonds. The number of hydrogen-bond donors (Lipinski definition) is 2. The third-order valence-electron chi connectivity index (χ3n) is 4.83. The van der Waals surface area contributed by atoms with Crippen LogP contribution in [0.1, 0.15) is 29.5 Å². The first-order chi connectivity index (χ1) is 11.2. The average Bonchev–Trinajstić information content (AvgIpc) is 2.59. The maximum absolute atomic E-state index is 11.1.